The molecule has 2 heterocycles. The van der Waals surface area contributed by atoms with Crippen LogP contribution in [0.25, 0.3) is 0 Å². The largest absolute Gasteiger partial charge is 0.313 e. The minimum atomic E-state index is -1.20. The molecule has 0 saturated carbocycles. The van der Waals surface area contributed by atoms with E-state index in [1.165, 1.54) is 0 Å². The summed E-state index contributed by atoms with van der Waals surface area (Å²) >= 11 is 0. The van der Waals surface area contributed by atoms with Gasteiger partial charge in [0.15, 0.2) is 0 Å². The molecule has 2 rings (SSSR count). The number of nitrogens with zero attached hydrogens (tertiary/aromatic N) is 1. The molecule has 0 radical (unpaired) electrons. The maximum absolute atomic E-state index is 14.2. The quantitative estimate of drug-likeness (QED) is 0.710. The van der Waals surface area contributed by atoms with Gasteiger partial charge in [-0.3, -0.25) is 4.98 Å². The maximum Gasteiger partial charge on any atom is 0.149 e. The van der Waals surface area contributed by atoms with Crippen molar-refractivity contribution in [3.8, 4) is 0 Å². The molecular weight excluding hydrogens is 167 g/mol. The second kappa shape index (κ2) is 3.42. The molecule has 1 aliphatic rings. The lowest BCUT2D eigenvalue weighted by molar-refractivity contribution is 0.121. The predicted molar refractivity (Wildman–Crippen MR) is 49.1 cm³/mol. The van der Waals surface area contributed by atoms with Crippen molar-refractivity contribution in [1.29, 1.82) is 0 Å². The Balaban J connectivity index is 2.23. The Hall–Kier alpha value is -0.960. The van der Waals surface area contributed by atoms with Gasteiger partial charge in [0.2, 0.25) is 0 Å². The zero-order valence-corrected chi connectivity index (χ0v) is 7.46. The molecule has 1 saturated heterocycles. The van der Waals surface area contributed by atoms with Crippen molar-refractivity contribution < 1.29 is 4.39 Å². The van der Waals surface area contributed by atoms with Crippen LogP contribution in [0.2, 0.25) is 0 Å². The molecule has 1 aromatic rings. The first-order valence-corrected chi connectivity index (χ1v) is 4.61. The highest BCUT2D eigenvalue weighted by molar-refractivity contribution is 5.19. The van der Waals surface area contributed by atoms with Gasteiger partial charge in [0.1, 0.15) is 5.67 Å². The lowest BCUT2D eigenvalue weighted by atomic mass is 9.89. The van der Waals surface area contributed by atoms with E-state index in [9.17, 15) is 4.39 Å². The van der Waals surface area contributed by atoms with Gasteiger partial charge in [-0.05, 0) is 25.5 Å². The Morgan fingerprint density at radius 1 is 1.54 bits per heavy atom. The summed E-state index contributed by atoms with van der Waals surface area (Å²) in [5.41, 5.74) is -0.505. The molecule has 2 nitrogen and oxygen atoms in total. The summed E-state index contributed by atoms with van der Waals surface area (Å²) in [6.07, 6.45) is 4.78. The van der Waals surface area contributed by atoms with E-state index in [4.69, 9.17) is 0 Å². The number of pyridine rings is 1. The topological polar surface area (TPSA) is 24.9 Å². The number of aromatic nitrogens is 1. The van der Waals surface area contributed by atoms with E-state index in [1.807, 2.05) is 0 Å². The van der Waals surface area contributed by atoms with Crippen LogP contribution >= 0.6 is 0 Å². The fourth-order valence-electron chi connectivity index (χ4n) is 1.74. The van der Waals surface area contributed by atoms with E-state index < -0.39 is 5.67 Å². The average molecular weight is 180 g/mol. The van der Waals surface area contributed by atoms with Crippen LogP contribution in [0.4, 0.5) is 4.39 Å². The number of piperidine rings is 1. The van der Waals surface area contributed by atoms with Gasteiger partial charge in [0.05, 0.1) is 0 Å². The molecule has 1 fully saturated rings. The van der Waals surface area contributed by atoms with Crippen molar-refractivity contribution >= 4 is 0 Å². The highest BCUT2D eigenvalue weighted by Gasteiger charge is 2.33. The summed E-state index contributed by atoms with van der Waals surface area (Å²) in [7, 11) is 0. The maximum atomic E-state index is 14.2. The monoisotopic (exact) mass is 180 g/mol. The Bertz CT molecular complexity index is 268. The molecule has 0 bridgehead atoms. The molecule has 70 valence electrons. The minimum absolute atomic E-state index is 0.415. The molecule has 1 atom stereocenters. The molecule has 0 aromatic carbocycles. The third-order valence-corrected chi connectivity index (χ3v) is 2.51. The number of alkyl halides is 1. The second-order valence-corrected chi connectivity index (χ2v) is 3.49. The van der Waals surface area contributed by atoms with Gasteiger partial charge < -0.3 is 5.32 Å². The van der Waals surface area contributed by atoms with Crippen LogP contribution in [-0.2, 0) is 5.67 Å². The lowest BCUT2D eigenvalue weighted by Crippen LogP contribution is -2.40. The zero-order chi connectivity index (χ0) is 9.15. The summed E-state index contributed by atoms with van der Waals surface area (Å²) in [5.74, 6) is 0. The van der Waals surface area contributed by atoms with Gasteiger partial charge in [-0.2, -0.15) is 0 Å². The molecule has 1 aliphatic heterocycles. The molecule has 0 amide bonds. The Morgan fingerprint density at radius 2 is 2.46 bits per heavy atom. The molecule has 1 unspecified atom stereocenters. The van der Waals surface area contributed by atoms with E-state index in [0.717, 1.165) is 13.0 Å². The van der Waals surface area contributed by atoms with Gasteiger partial charge in [0.25, 0.3) is 0 Å². The molecule has 1 aromatic heterocycles. The first-order valence-electron chi connectivity index (χ1n) is 4.61. The number of rotatable bonds is 1. The zero-order valence-electron chi connectivity index (χ0n) is 7.46. The third-order valence-electron chi connectivity index (χ3n) is 2.51. The number of hydrogen-bond donors (Lipinski definition) is 1. The number of nitrogens with one attached hydrogen (secondary N) is 1. The van der Waals surface area contributed by atoms with E-state index in [0.29, 0.717) is 18.5 Å². The molecule has 1 N–H and O–H groups in total. The van der Waals surface area contributed by atoms with Gasteiger partial charge in [-0.1, -0.05) is 6.07 Å². The van der Waals surface area contributed by atoms with Crippen LogP contribution in [0.5, 0.6) is 0 Å². The standard InChI is InChI=1S/C10H13FN2/c11-10(4-2-6-13-8-10)9-3-1-5-12-7-9/h1,3,5,7,13H,2,4,6,8H2. The summed E-state index contributed by atoms with van der Waals surface area (Å²) in [5, 5.41) is 3.07. The van der Waals surface area contributed by atoms with Crippen LogP contribution in [0.15, 0.2) is 24.5 Å². The second-order valence-electron chi connectivity index (χ2n) is 3.49. The van der Waals surface area contributed by atoms with Crippen LogP contribution in [-0.4, -0.2) is 18.1 Å². The van der Waals surface area contributed by atoms with Crippen LogP contribution in [0.1, 0.15) is 18.4 Å². The third kappa shape index (κ3) is 1.70. The highest BCUT2D eigenvalue weighted by atomic mass is 19.1. The number of hydrogen-bond acceptors (Lipinski definition) is 2. The van der Waals surface area contributed by atoms with Gasteiger partial charge in [-0.25, -0.2) is 4.39 Å². The normalized spacial score (nSPS) is 28.7. The van der Waals surface area contributed by atoms with Crippen LogP contribution in [0, 0.1) is 0 Å². The Kier molecular flexibility index (Phi) is 2.27. The molecule has 13 heavy (non-hydrogen) atoms. The highest BCUT2D eigenvalue weighted by Crippen LogP contribution is 2.31. The summed E-state index contributed by atoms with van der Waals surface area (Å²) in [6, 6.07) is 3.59. The summed E-state index contributed by atoms with van der Waals surface area (Å²) < 4.78 is 14.2. The van der Waals surface area contributed by atoms with Crippen molar-refractivity contribution in [2.24, 2.45) is 0 Å². The van der Waals surface area contributed by atoms with Gasteiger partial charge in [-0.15, -0.1) is 0 Å². The van der Waals surface area contributed by atoms with Crippen molar-refractivity contribution in [2.75, 3.05) is 13.1 Å². The fourth-order valence-corrected chi connectivity index (χ4v) is 1.74. The fraction of sp³-hybridized carbons (Fsp3) is 0.500. The Morgan fingerprint density at radius 3 is 3.08 bits per heavy atom. The van der Waals surface area contributed by atoms with Crippen molar-refractivity contribution in [3.05, 3.63) is 30.1 Å². The van der Waals surface area contributed by atoms with Crippen LogP contribution in [0.3, 0.4) is 0 Å². The van der Waals surface area contributed by atoms with E-state index in [2.05, 4.69) is 10.3 Å². The first kappa shape index (κ1) is 8.63. The van der Waals surface area contributed by atoms with Crippen molar-refractivity contribution in [1.82, 2.24) is 10.3 Å². The van der Waals surface area contributed by atoms with Crippen molar-refractivity contribution in [3.63, 3.8) is 0 Å². The average Bonchev–Trinajstić information content (AvgIpc) is 2.20. The van der Waals surface area contributed by atoms with Crippen molar-refractivity contribution in [2.45, 2.75) is 18.5 Å². The van der Waals surface area contributed by atoms with E-state index in [1.54, 1.807) is 24.5 Å². The first-order chi connectivity index (χ1) is 6.31. The number of halogens is 1. The molecule has 0 aliphatic carbocycles. The summed E-state index contributed by atoms with van der Waals surface area (Å²) in [6.45, 7) is 1.34. The van der Waals surface area contributed by atoms with Crippen LogP contribution < -0.4 is 5.32 Å². The van der Waals surface area contributed by atoms with Gasteiger partial charge >= 0.3 is 0 Å². The van der Waals surface area contributed by atoms with Gasteiger partial charge in [0, 0.05) is 24.5 Å². The lowest BCUT2D eigenvalue weighted by Gasteiger charge is -2.30. The minimum Gasteiger partial charge on any atom is -0.313 e. The SMILES string of the molecule is FC1(c2cccnc2)CCCNC1. The van der Waals surface area contributed by atoms with E-state index in [-0.39, 0.29) is 0 Å². The van der Waals surface area contributed by atoms with E-state index >= 15 is 0 Å². The molecular formula is C10H13FN2. The Labute approximate surface area is 77.2 Å². The smallest absolute Gasteiger partial charge is 0.149 e. The molecule has 0 spiro atoms. The molecule has 3 heteroatoms. The predicted octanol–water partition coefficient (Wildman–Crippen LogP) is 1.63. The summed E-state index contributed by atoms with van der Waals surface area (Å²) in [4.78, 5) is 3.94.